The first-order chi connectivity index (χ1) is 12.2. The van der Waals surface area contributed by atoms with Crippen molar-refractivity contribution >= 4 is 39.8 Å². The van der Waals surface area contributed by atoms with Crippen LogP contribution in [0.2, 0.25) is 10.0 Å². The van der Waals surface area contributed by atoms with Crippen molar-refractivity contribution in [2.24, 2.45) is 5.92 Å². The number of rotatable bonds is 3. The molecule has 0 amide bonds. The third-order valence-corrected chi connectivity index (χ3v) is 5.89. The second-order valence-electron chi connectivity index (χ2n) is 6.64. The van der Waals surface area contributed by atoms with E-state index in [9.17, 15) is 0 Å². The molecule has 2 aromatic carbocycles. The lowest BCUT2D eigenvalue weighted by Gasteiger charge is -2.34. The topological polar surface area (TPSA) is 16.1 Å². The summed E-state index contributed by atoms with van der Waals surface area (Å²) >= 11 is 12.5. The molecule has 2 heterocycles. The molecule has 0 saturated carbocycles. The second kappa shape index (κ2) is 7.23. The van der Waals surface area contributed by atoms with E-state index >= 15 is 0 Å². The second-order valence-corrected chi connectivity index (χ2v) is 7.42. The van der Waals surface area contributed by atoms with Gasteiger partial charge in [0, 0.05) is 30.4 Å². The lowest BCUT2D eigenvalue weighted by molar-refractivity contribution is 0.404. The standard InChI is InChI=1S/C21H19Cl2N2/c22-19-5-1-3-17(21(19)23)13-15-8-11-25(12-9-15)18-6-7-20-16(14-18)4-2-10-24-20/h1-3,5-7,10,14-15H,8-9,11-13H2. The van der Waals surface area contributed by atoms with Crippen LogP contribution in [-0.2, 0) is 6.42 Å². The lowest BCUT2D eigenvalue weighted by Crippen LogP contribution is -2.34. The van der Waals surface area contributed by atoms with Crippen LogP contribution in [0.15, 0.2) is 48.7 Å². The van der Waals surface area contributed by atoms with Gasteiger partial charge in [-0.3, -0.25) is 4.98 Å². The number of anilines is 1. The molecule has 25 heavy (non-hydrogen) atoms. The zero-order valence-corrected chi connectivity index (χ0v) is 15.4. The number of nitrogens with zero attached hydrogens (tertiary/aromatic N) is 2. The molecular formula is C21H19Cl2N2. The Hall–Kier alpha value is -1.77. The average molecular weight is 370 g/mol. The van der Waals surface area contributed by atoms with E-state index in [1.54, 1.807) is 6.20 Å². The molecule has 0 bridgehead atoms. The molecule has 0 unspecified atom stereocenters. The molecule has 127 valence electrons. The van der Waals surface area contributed by atoms with Crippen molar-refractivity contribution < 1.29 is 0 Å². The summed E-state index contributed by atoms with van der Waals surface area (Å²) in [5.41, 5.74) is 3.42. The summed E-state index contributed by atoms with van der Waals surface area (Å²) in [4.78, 5) is 6.82. The van der Waals surface area contributed by atoms with Crippen LogP contribution in [0.5, 0.6) is 0 Å². The molecule has 0 spiro atoms. The van der Waals surface area contributed by atoms with Crippen LogP contribution in [0.1, 0.15) is 18.4 Å². The quantitative estimate of drug-likeness (QED) is 0.579. The molecule has 1 aliphatic rings. The van der Waals surface area contributed by atoms with Gasteiger partial charge < -0.3 is 4.90 Å². The molecule has 0 N–H and O–H groups in total. The number of benzene rings is 2. The molecule has 0 atom stereocenters. The molecule has 2 nitrogen and oxygen atoms in total. The first-order valence-electron chi connectivity index (χ1n) is 8.65. The van der Waals surface area contributed by atoms with Crippen LogP contribution in [0.4, 0.5) is 5.69 Å². The van der Waals surface area contributed by atoms with E-state index in [2.05, 4.69) is 40.2 Å². The number of hydrogen-bond acceptors (Lipinski definition) is 2. The smallest absolute Gasteiger partial charge is 0.0709 e. The summed E-state index contributed by atoms with van der Waals surface area (Å²) in [6.07, 6.45) is 5.12. The summed E-state index contributed by atoms with van der Waals surface area (Å²) in [6.45, 7) is 2.13. The van der Waals surface area contributed by atoms with Crippen molar-refractivity contribution in [3.05, 3.63) is 70.3 Å². The van der Waals surface area contributed by atoms with Crippen LogP contribution < -0.4 is 4.90 Å². The zero-order chi connectivity index (χ0) is 17.2. The van der Waals surface area contributed by atoms with Gasteiger partial charge >= 0.3 is 0 Å². The highest BCUT2D eigenvalue weighted by atomic mass is 35.5. The maximum absolute atomic E-state index is 6.34. The summed E-state index contributed by atoms with van der Waals surface area (Å²) < 4.78 is 0. The third kappa shape index (κ3) is 3.61. The van der Waals surface area contributed by atoms with Gasteiger partial charge in [-0.2, -0.15) is 0 Å². The van der Waals surface area contributed by atoms with Gasteiger partial charge in [0.1, 0.15) is 0 Å². The van der Waals surface area contributed by atoms with Gasteiger partial charge in [-0.25, -0.2) is 0 Å². The van der Waals surface area contributed by atoms with Crippen LogP contribution in [-0.4, -0.2) is 18.1 Å². The molecule has 3 aromatic rings. The van der Waals surface area contributed by atoms with Gasteiger partial charge in [-0.1, -0.05) is 35.3 Å². The number of hydrogen-bond donors (Lipinski definition) is 0. The van der Waals surface area contributed by atoms with Crippen LogP contribution in [0.3, 0.4) is 0 Å². The van der Waals surface area contributed by atoms with E-state index in [0.717, 1.165) is 43.3 Å². The van der Waals surface area contributed by atoms with Crippen molar-refractivity contribution in [3.63, 3.8) is 0 Å². The lowest BCUT2D eigenvalue weighted by atomic mass is 9.90. The molecule has 4 rings (SSSR count). The SMILES string of the molecule is Clc1cccc(CC2CCN(c3ccc4ncc[c]c4c3)CC2)c1Cl. The highest BCUT2D eigenvalue weighted by Crippen LogP contribution is 2.31. The van der Waals surface area contributed by atoms with E-state index in [4.69, 9.17) is 23.2 Å². The fourth-order valence-corrected chi connectivity index (χ4v) is 4.00. The van der Waals surface area contributed by atoms with Crippen molar-refractivity contribution in [2.45, 2.75) is 19.3 Å². The molecule has 1 aromatic heterocycles. The number of aromatic nitrogens is 1. The van der Waals surface area contributed by atoms with Gasteiger partial charge in [0.2, 0.25) is 0 Å². The largest absolute Gasteiger partial charge is 0.371 e. The molecular weight excluding hydrogens is 351 g/mol. The average Bonchev–Trinajstić information content (AvgIpc) is 2.66. The van der Waals surface area contributed by atoms with Gasteiger partial charge in [0.25, 0.3) is 0 Å². The van der Waals surface area contributed by atoms with Gasteiger partial charge in [0.05, 0.1) is 15.6 Å². The Morgan fingerprint density at radius 3 is 2.80 bits per heavy atom. The van der Waals surface area contributed by atoms with Gasteiger partial charge in [-0.15, -0.1) is 0 Å². The first-order valence-corrected chi connectivity index (χ1v) is 9.40. The third-order valence-electron chi connectivity index (χ3n) is 5.03. The molecule has 0 aliphatic carbocycles. The van der Waals surface area contributed by atoms with E-state index < -0.39 is 0 Å². The molecule has 1 saturated heterocycles. The Labute approximate surface area is 158 Å². The molecule has 1 radical (unpaired) electrons. The summed E-state index contributed by atoms with van der Waals surface area (Å²) in [6, 6.07) is 17.5. The zero-order valence-electron chi connectivity index (χ0n) is 13.9. The van der Waals surface area contributed by atoms with E-state index in [1.165, 1.54) is 11.3 Å². The van der Waals surface area contributed by atoms with E-state index in [1.807, 2.05) is 18.2 Å². The molecule has 1 aliphatic heterocycles. The minimum atomic E-state index is 0.651. The Balaban J connectivity index is 1.43. The Morgan fingerprint density at radius 2 is 1.96 bits per heavy atom. The van der Waals surface area contributed by atoms with Gasteiger partial charge in [-0.05, 0) is 67.1 Å². The van der Waals surface area contributed by atoms with Crippen LogP contribution >= 0.6 is 23.2 Å². The van der Waals surface area contributed by atoms with Crippen LogP contribution in [0.25, 0.3) is 10.9 Å². The normalized spacial score (nSPS) is 15.7. The monoisotopic (exact) mass is 369 g/mol. The summed E-state index contributed by atoms with van der Waals surface area (Å²) in [5.74, 6) is 0.654. The maximum Gasteiger partial charge on any atom is 0.0709 e. The number of halogens is 2. The Morgan fingerprint density at radius 1 is 1.12 bits per heavy atom. The van der Waals surface area contributed by atoms with Crippen molar-refractivity contribution in [1.29, 1.82) is 0 Å². The predicted octanol–water partition coefficient (Wildman–Crippen LogP) is 5.80. The van der Waals surface area contributed by atoms with Gasteiger partial charge in [0.15, 0.2) is 0 Å². The Kier molecular flexibility index (Phi) is 4.82. The van der Waals surface area contributed by atoms with Crippen LogP contribution in [0, 0.1) is 12.0 Å². The fraction of sp³-hybridized carbons (Fsp3) is 0.286. The summed E-state index contributed by atoms with van der Waals surface area (Å²) in [5, 5.41) is 2.44. The minimum absolute atomic E-state index is 0.651. The summed E-state index contributed by atoms with van der Waals surface area (Å²) in [7, 11) is 0. The molecule has 4 heteroatoms. The number of pyridine rings is 1. The van der Waals surface area contributed by atoms with Crippen molar-refractivity contribution in [2.75, 3.05) is 18.0 Å². The predicted molar refractivity (Wildman–Crippen MR) is 106 cm³/mol. The molecule has 1 fully saturated rings. The van der Waals surface area contributed by atoms with E-state index in [-0.39, 0.29) is 0 Å². The van der Waals surface area contributed by atoms with Crippen molar-refractivity contribution in [3.8, 4) is 0 Å². The number of piperidine rings is 1. The highest BCUT2D eigenvalue weighted by Gasteiger charge is 2.21. The highest BCUT2D eigenvalue weighted by molar-refractivity contribution is 6.42. The van der Waals surface area contributed by atoms with Crippen molar-refractivity contribution in [1.82, 2.24) is 4.98 Å². The maximum atomic E-state index is 6.34. The first kappa shape index (κ1) is 16.7. The Bertz CT molecular complexity index is 886. The minimum Gasteiger partial charge on any atom is -0.371 e. The fourth-order valence-electron chi connectivity index (χ4n) is 3.61. The van der Waals surface area contributed by atoms with E-state index in [0.29, 0.717) is 16.0 Å². The number of fused-ring (bicyclic) bond motifs is 1.